The van der Waals surface area contributed by atoms with Crippen molar-refractivity contribution in [1.82, 2.24) is 0 Å². The summed E-state index contributed by atoms with van der Waals surface area (Å²) in [5.41, 5.74) is 0.652. The van der Waals surface area contributed by atoms with E-state index in [2.05, 4.69) is 9.47 Å². The average molecular weight is 231 g/mol. The fourth-order valence-electron chi connectivity index (χ4n) is 0.638. The molecule has 0 heterocycles. The summed E-state index contributed by atoms with van der Waals surface area (Å²) < 4.78 is 9.35. The summed E-state index contributed by atoms with van der Waals surface area (Å²) in [4.78, 5) is 10.1. The Bertz CT molecular complexity index is 268. The number of rotatable bonds is 3. The van der Waals surface area contributed by atoms with Crippen LogP contribution in [0.15, 0.2) is 24.3 Å². The second kappa shape index (κ2) is 8.41. The predicted octanol–water partition coefficient (Wildman–Crippen LogP) is 2.78. The summed E-state index contributed by atoms with van der Waals surface area (Å²) in [6.07, 6.45) is 0.723. The molecule has 15 heavy (non-hydrogen) atoms. The molecule has 0 amide bonds. The zero-order valence-corrected chi connectivity index (χ0v) is 9.82. The minimum absolute atomic E-state index is 0.0648. The van der Waals surface area contributed by atoms with Crippen LogP contribution in [0.3, 0.4) is 0 Å². The number of benzene rings is 1. The predicted molar refractivity (Wildman–Crippen MR) is 60.3 cm³/mol. The van der Waals surface area contributed by atoms with E-state index >= 15 is 0 Å². The number of hydrogen-bond acceptors (Lipinski definition) is 3. The highest BCUT2D eigenvalue weighted by molar-refractivity contribution is 6.30. The van der Waals surface area contributed by atoms with Gasteiger partial charge in [0.25, 0.3) is 0 Å². The fourth-order valence-corrected chi connectivity index (χ4v) is 0.764. The zero-order chi connectivity index (χ0) is 11.7. The van der Waals surface area contributed by atoms with Crippen LogP contribution in [0, 0.1) is 0 Å². The summed E-state index contributed by atoms with van der Waals surface area (Å²) in [5, 5.41) is 0.653. The molecule has 0 saturated heterocycles. The van der Waals surface area contributed by atoms with Crippen LogP contribution < -0.4 is 0 Å². The van der Waals surface area contributed by atoms with Crippen molar-refractivity contribution in [3.05, 3.63) is 34.9 Å². The summed E-state index contributed by atoms with van der Waals surface area (Å²) in [6, 6.07) is 6.72. The van der Waals surface area contributed by atoms with E-state index in [1.165, 1.54) is 0 Å². The van der Waals surface area contributed by atoms with E-state index in [4.69, 9.17) is 11.6 Å². The van der Waals surface area contributed by atoms with Crippen molar-refractivity contribution in [2.75, 3.05) is 14.2 Å². The molecule has 1 aromatic carbocycles. The Hall–Kier alpha value is -0.900. The van der Waals surface area contributed by atoms with Gasteiger partial charge in [-0.25, -0.2) is 0 Å². The van der Waals surface area contributed by atoms with Gasteiger partial charge in [-0.1, -0.05) is 23.7 Å². The van der Waals surface area contributed by atoms with Gasteiger partial charge < -0.3 is 9.47 Å². The first-order chi connectivity index (χ1) is 7.13. The molecule has 0 aromatic heterocycles. The lowest BCUT2D eigenvalue weighted by molar-refractivity contribution is -0.0877. The third kappa shape index (κ3) is 7.08. The summed E-state index contributed by atoms with van der Waals surface area (Å²) in [6.45, 7) is 1.83. The largest absolute Gasteiger partial charge is 0.356 e. The molecule has 0 aliphatic heterocycles. The second-order valence-electron chi connectivity index (χ2n) is 2.71. The Balaban J connectivity index is 0.000000288. The molecule has 0 unspecified atom stereocenters. The Morgan fingerprint density at radius 2 is 1.67 bits per heavy atom. The van der Waals surface area contributed by atoms with Crippen molar-refractivity contribution < 1.29 is 14.3 Å². The molecule has 0 spiro atoms. The molecule has 0 N–H and O–H groups in total. The minimum Gasteiger partial charge on any atom is -0.356 e. The molecule has 4 heteroatoms. The molecular weight excluding hydrogens is 216 g/mol. The third-order valence-corrected chi connectivity index (χ3v) is 1.92. The molecule has 0 radical (unpaired) electrons. The Morgan fingerprint density at radius 3 is 1.93 bits per heavy atom. The number of ether oxygens (including phenoxy) is 2. The number of hydrogen-bond donors (Lipinski definition) is 0. The molecule has 0 bridgehead atoms. The van der Waals surface area contributed by atoms with Gasteiger partial charge >= 0.3 is 0 Å². The molecule has 1 rings (SSSR count). The smallest absolute Gasteiger partial charge is 0.154 e. The molecule has 0 atom stereocenters. The van der Waals surface area contributed by atoms with Crippen LogP contribution in [0.2, 0.25) is 5.02 Å². The lowest BCUT2D eigenvalue weighted by atomic mass is 10.2. The fraction of sp³-hybridized carbons (Fsp3) is 0.364. The number of aldehydes is 1. The van der Waals surface area contributed by atoms with Gasteiger partial charge in [0.1, 0.15) is 6.29 Å². The Kier molecular flexibility index (Phi) is 7.91. The zero-order valence-electron chi connectivity index (χ0n) is 9.07. The van der Waals surface area contributed by atoms with Crippen molar-refractivity contribution in [2.45, 2.75) is 13.2 Å². The van der Waals surface area contributed by atoms with Gasteiger partial charge in [-0.05, 0) is 19.1 Å². The van der Waals surface area contributed by atoms with Gasteiger partial charge in [0.2, 0.25) is 0 Å². The number of carbonyl (C=O) groups is 1. The van der Waals surface area contributed by atoms with Crippen LogP contribution in [-0.4, -0.2) is 26.8 Å². The summed E-state index contributed by atoms with van der Waals surface area (Å²) in [7, 11) is 3.21. The van der Waals surface area contributed by atoms with Crippen molar-refractivity contribution in [2.24, 2.45) is 0 Å². The molecule has 0 fully saturated rings. The van der Waals surface area contributed by atoms with Crippen molar-refractivity contribution in [3.63, 3.8) is 0 Å². The first-order valence-electron chi connectivity index (χ1n) is 4.40. The number of methoxy groups -OCH3 is 2. The van der Waals surface area contributed by atoms with Crippen molar-refractivity contribution in [3.8, 4) is 0 Å². The van der Waals surface area contributed by atoms with E-state index in [-0.39, 0.29) is 6.29 Å². The summed E-state index contributed by atoms with van der Waals surface area (Å²) >= 11 is 5.55. The highest BCUT2D eigenvalue weighted by atomic mass is 35.5. The lowest BCUT2D eigenvalue weighted by Crippen LogP contribution is -2.05. The maximum absolute atomic E-state index is 10.1. The molecular formula is C11H15ClO3. The van der Waals surface area contributed by atoms with Gasteiger partial charge in [-0.3, -0.25) is 4.79 Å². The monoisotopic (exact) mass is 230 g/mol. The standard InChI is InChI=1S/C7H5ClO.C4H10O2/c8-7-3-1-6(5-9)2-4-7;1-4(5-2)6-3/h1-5H;4H,1-3H3. The van der Waals surface area contributed by atoms with E-state index < -0.39 is 0 Å². The van der Waals surface area contributed by atoms with Crippen LogP contribution in [0.25, 0.3) is 0 Å². The Labute approximate surface area is 95.0 Å². The van der Waals surface area contributed by atoms with Gasteiger partial charge in [0.15, 0.2) is 6.29 Å². The van der Waals surface area contributed by atoms with E-state index in [1.54, 1.807) is 38.5 Å². The number of halogens is 1. The maximum Gasteiger partial charge on any atom is 0.154 e. The van der Waals surface area contributed by atoms with Crippen LogP contribution in [0.1, 0.15) is 17.3 Å². The second-order valence-corrected chi connectivity index (χ2v) is 3.14. The lowest BCUT2D eigenvalue weighted by Gasteiger charge is -2.03. The van der Waals surface area contributed by atoms with Crippen LogP contribution >= 0.6 is 11.6 Å². The van der Waals surface area contributed by atoms with Crippen molar-refractivity contribution >= 4 is 17.9 Å². The minimum atomic E-state index is -0.0648. The third-order valence-electron chi connectivity index (χ3n) is 1.67. The SMILES string of the molecule is COC(C)OC.O=Cc1ccc(Cl)cc1. The maximum atomic E-state index is 10.1. The molecule has 84 valence electrons. The molecule has 0 aliphatic rings. The summed E-state index contributed by atoms with van der Waals surface area (Å²) in [5.74, 6) is 0. The van der Waals surface area contributed by atoms with E-state index in [1.807, 2.05) is 6.92 Å². The van der Waals surface area contributed by atoms with E-state index in [9.17, 15) is 4.79 Å². The first-order valence-corrected chi connectivity index (χ1v) is 4.78. The molecule has 0 aliphatic carbocycles. The highest BCUT2D eigenvalue weighted by Gasteiger charge is 1.88. The molecule has 1 aromatic rings. The molecule has 0 saturated carbocycles. The average Bonchev–Trinajstić information content (AvgIpc) is 2.30. The van der Waals surface area contributed by atoms with Gasteiger partial charge in [-0.15, -0.1) is 0 Å². The quantitative estimate of drug-likeness (QED) is 0.592. The Morgan fingerprint density at radius 1 is 1.20 bits per heavy atom. The van der Waals surface area contributed by atoms with Crippen LogP contribution in [-0.2, 0) is 9.47 Å². The van der Waals surface area contributed by atoms with Crippen LogP contribution in [0.4, 0.5) is 0 Å². The van der Waals surface area contributed by atoms with E-state index in [0.29, 0.717) is 10.6 Å². The topological polar surface area (TPSA) is 35.5 Å². The van der Waals surface area contributed by atoms with Crippen molar-refractivity contribution in [1.29, 1.82) is 0 Å². The molecule has 3 nitrogen and oxygen atoms in total. The highest BCUT2D eigenvalue weighted by Crippen LogP contribution is 2.07. The van der Waals surface area contributed by atoms with E-state index in [0.717, 1.165) is 6.29 Å². The normalized spacial score (nSPS) is 9.40. The van der Waals surface area contributed by atoms with Gasteiger partial charge in [-0.2, -0.15) is 0 Å². The van der Waals surface area contributed by atoms with Gasteiger partial charge in [0.05, 0.1) is 0 Å². The number of carbonyl (C=O) groups excluding carboxylic acids is 1. The first kappa shape index (κ1) is 14.1. The van der Waals surface area contributed by atoms with Crippen LogP contribution in [0.5, 0.6) is 0 Å². The van der Waals surface area contributed by atoms with Gasteiger partial charge in [0, 0.05) is 24.8 Å².